The van der Waals surface area contributed by atoms with Crippen LogP contribution in [0.2, 0.25) is 0 Å². The molecule has 0 bridgehead atoms. The highest BCUT2D eigenvalue weighted by atomic mass is 15.1. The zero-order valence-corrected chi connectivity index (χ0v) is 10.0. The van der Waals surface area contributed by atoms with Gasteiger partial charge in [0.15, 0.2) is 0 Å². The Morgan fingerprint density at radius 1 is 1.13 bits per heavy atom. The Morgan fingerprint density at radius 3 is 2.40 bits per heavy atom. The van der Waals surface area contributed by atoms with Gasteiger partial charge in [-0.25, -0.2) is 0 Å². The van der Waals surface area contributed by atoms with E-state index in [1.54, 1.807) is 0 Å². The fraction of sp³-hybridized carbons (Fsp3) is 0.429. The van der Waals surface area contributed by atoms with Crippen LogP contribution in [0.3, 0.4) is 0 Å². The fourth-order valence-electron chi connectivity index (χ4n) is 2.26. The smallest absolute Gasteiger partial charge is 0.0487 e. The summed E-state index contributed by atoms with van der Waals surface area (Å²) in [5.74, 6) is 0. The van der Waals surface area contributed by atoms with E-state index in [9.17, 15) is 0 Å². The number of rotatable bonds is 1. The molecule has 0 atom stereocenters. The molecule has 0 saturated heterocycles. The first kappa shape index (κ1) is 10.3. The lowest BCUT2D eigenvalue weighted by molar-refractivity contribution is 0.399. The van der Waals surface area contributed by atoms with Crippen LogP contribution in [-0.4, -0.2) is 4.57 Å². The Bertz CT molecular complexity index is 472. The largest absolute Gasteiger partial charge is 0.339 e. The van der Waals surface area contributed by atoms with Crippen molar-refractivity contribution in [2.24, 2.45) is 0 Å². The van der Waals surface area contributed by atoms with E-state index in [0.29, 0.717) is 0 Å². The van der Waals surface area contributed by atoms with Gasteiger partial charge >= 0.3 is 0 Å². The molecule has 15 heavy (non-hydrogen) atoms. The normalized spacial score (nSPS) is 12.3. The summed E-state index contributed by atoms with van der Waals surface area (Å²) < 4.78 is 2.45. The molecule has 2 rings (SSSR count). The average Bonchev–Trinajstić information content (AvgIpc) is 2.54. The van der Waals surface area contributed by atoms with Gasteiger partial charge in [0.25, 0.3) is 0 Å². The molecule has 0 radical (unpaired) electrons. The Labute approximate surface area is 91.7 Å². The van der Waals surface area contributed by atoms with Gasteiger partial charge in [0.2, 0.25) is 0 Å². The van der Waals surface area contributed by atoms with Gasteiger partial charge in [0.1, 0.15) is 0 Å². The van der Waals surface area contributed by atoms with E-state index in [-0.39, 0.29) is 5.54 Å². The number of aromatic nitrogens is 1. The minimum absolute atomic E-state index is 0.161. The molecular weight excluding hydrogens is 182 g/mol. The molecule has 2 aromatic rings. The molecule has 0 unspecified atom stereocenters. The molecule has 0 N–H and O–H groups in total. The predicted octanol–water partition coefficient (Wildman–Crippen LogP) is 3.96. The number of benzene rings is 1. The minimum Gasteiger partial charge on any atom is -0.339 e. The zero-order chi connectivity index (χ0) is 11.1. The predicted molar refractivity (Wildman–Crippen MR) is 66.3 cm³/mol. The van der Waals surface area contributed by atoms with Gasteiger partial charge in [0, 0.05) is 16.7 Å². The molecule has 1 heteroatoms. The van der Waals surface area contributed by atoms with Gasteiger partial charge in [-0.1, -0.05) is 25.1 Å². The second-order valence-electron chi connectivity index (χ2n) is 5.05. The summed E-state index contributed by atoms with van der Waals surface area (Å²) in [7, 11) is 0. The summed E-state index contributed by atoms with van der Waals surface area (Å²) in [6.07, 6.45) is 1.09. The standard InChI is InChI=1S/C14H19N/c1-5-12-10-11-8-6-7-9-13(11)15(12)14(2,3)4/h6-10H,5H2,1-4H3. The second kappa shape index (κ2) is 3.41. The van der Waals surface area contributed by atoms with Crippen molar-refractivity contribution >= 4 is 10.9 Å². The Balaban J connectivity index is 2.79. The monoisotopic (exact) mass is 201 g/mol. The molecule has 1 aromatic carbocycles. The fourth-order valence-corrected chi connectivity index (χ4v) is 2.26. The molecular formula is C14H19N. The quantitative estimate of drug-likeness (QED) is 0.658. The number of fused-ring (bicyclic) bond motifs is 1. The summed E-state index contributed by atoms with van der Waals surface area (Å²) in [5.41, 5.74) is 2.93. The molecule has 1 heterocycles. The number of aryl methyl sites for hydroxylation is 1. The highest BCUT2D eigenvalue weighted by Crippen LogP contribution is 2.27. The molecule has 0 aliphatic carbocycles. The maximum absolute atomic E-state index is 2.45. The van der Waals surface area contributed by atoms with E-state index in [4.69, 9.17) is 0 Å². The van der Waals surface area contributed by atoms with Gasteiger partial charge in [-0.2, -0.15) is 0 Å². The molecule has 0 saturated carbocycles. The van der Waals surface area contributed by atoms with Crippen LogP contribution in [0.15, 0.2) is 30.3 Å². The third-order valence-corrected chi connectivity index (χ3v) is 2.82. The molecule has 0 fully saturated rings. The topological polar surface area (TPSA) is 4.93 Å². The number of para-hydroxylation sites is 1. The minimum atomic E-state index is 0.161. The van der Waals surface area contributed by atoms with Crippen molar-refractivity contribution in [2.45, 2.75) is 39.7 Å². The highest BCUT2D eigenvalue weighted by molar-refractivity contribution is 5.81. The lowest BCUT2D eigenvalue weighted by atomic mass is 10.1. The summed E-state index contributed by atoms with van der Waals surface area (Å²) >= 11 is 0. The van der Waals surface area contributed by atoms with E-state index in [0.717, 1.165) is 6.42 Å². The summed E-state index contributed by atoms with van der Waals surface area (Å²) in [6, 6.07) is 10.9. The number of hydrogen-bond donors (Lipinski definition) is 0. The van der Waals surface area contributed by atoms with Crippen molar-refractivity contribution in [3.05, 3.63) is 36.0 Å². The number of hydrogen-bond acceptors (Lipinski definition) is 0. The van der Waals surface area contributed by atoms with Crippen LogP contribution >= 0.6 is 0 Å². The van der Waals surface area contributed by atoms with Crippen molar-refractivity contribution in [1.29, 1.82) is 0 Å². The first-order valence-electron chi connectivity index (χ1n) is 5.64. The maximum atomic E-state index is 2.45. The number of nitrogens with zero attached hydrogens (tertiary/aromatic N) is 1. The van der Waals surface area contributed by atoms with Gasteiger partial charge in [0.05, 0.1) is 0 Å². The van der Waals surface area contributed by atoms with Gasteiger partial charge in [-0.15, -0.1) is 0 Å². The van der Waals surface area contributed by atoms with Gasteiger partial charge in [-0.05, 0) is 44.7 Å². The molecule has 0 spiro atoms. The average molecular weight is 201 g/mol. The van der Waals surface area contributed by atoms with Crippen molar-refractivity contribution in [3.8, 4) is 0 Å². The van der Waals surface area contributed by atoms with Crippen LogP contribution in [-0.2, 0) is 12.0 Å². The van der Waals surface area contributed by atoms with E-state index in [2.05, 4.69) is 62.6 Å². The zero-order valence-electron chi connectivity index (χ0n) is 10.0. The van der Waals surface area contributed by atoms with Crippen LogP contribution in [0.4, 0.5) is 0 Å². The van der Waals surface area contributed by atoms with Crippen LogP contribution in [0, 0.1) is 0 Å². The summed E-state index contributed by atoms with van der Waals surface area (Å²) in [5, 5.41) is 1.35. The third kappa shape index (κ3) is 1.67. The molecule has 1 aromatic heterocycles. The lowest BCUT2D eigenvalue weighted by Crippen LogP contribution is -2.23. The van der Waals surface area contributed by atoms with Gasteiger partial charge in [-0.3, -0.25) is 0 Å². The summed E-state index contributed by atoms with van der Waals surface area (Å²) in [6.45, 7) is 9.01. The first-order valence-corrected chi connectivity index (χ1v) is 5.64. The second-order valence-corrected chi connectivity index (χ2v) is 5.05. The summed E-state index contributed by atoms with van der Waals surface area (Å²) in [4.78, 5) is 0. The third-order valence-electron chi connectivity index (χ3n) is 2.82. The van der Waals surface area contributed by atoms with Crippen molar-refractivity contribution in [3.63, 3.8) is 0 Å². The van der Waals surface area contributed by atoms with E-state index in [1.165, 1.54) is 16.6 Å². The Hall–Kier alpha value is -1.24. The van der Waals surface area contributed by atoms with Crippen molar-refractivity contribution < 1.29 is 0 Å². The molecule has 80 valence electrons. The van der Waals surface area contributed by atoms with Crippen molar-refractivity contribution in [1.82, 2.24) is 4.57 Å². The van der Waals surface area contributed by atoms with E-state index < -0.39 is 0 Å². The van der Waals surface area contributed by atoms with Crippen molar-refractivity contribution in [2.75, 3.05) is 0 Å². The van der Waals surface area contributed by atoms with E-state index >= 15 is 0 Å². The van der Waals surface area contributed by atoms with Crippen LogP contribution < -0.4 is 0 Å². The first-order chi connectivity index (χ1) is 7.04. The van der Waals surface area contributed by atoms with E-state index in [1.807, 2.05) is 0 Å². The Morgan fingerprint density at radius 2 is 1.80 bits per heavy atom. The molecule has 0 amide bonds. The maximum Gasteiger partial charge on any atom is 0.0487 e. The van der Waals surface area contributed by atoms with Crippen LogP contribution in [0.5, 0.6) is 0 Å². The SMILES string of the molecule is CCc1cc2ccccc2n1C(C)(C)C. The highest BCUT2D eigenvalue weighted by Gasteiger charge is 2.18. The Kier molecular flexibility index (Phi) is 2.34. The van der Waals surface area contributed by atoms with Gasteiger partial charge < -0.3 is 4.57 Å². The van der Waals surface area contributed by atoms with Crippen LogP contribution in [0.25, 0.3) is 10.9 Å². The molecule has 1 nitrogen and oxygen atoms in total. The van der Waals surface area contributed by atoms with Crippen LogP contribution in [0.1, 0.15) is 33.4 Å². The lowest BCUT2D eigenvalue weighted by Gasteiger charge is -2.25. The molecule has 0 aliphatic heterocycles. The molecule has 0 aliphatic rings.